The van der Waals surface area contributed by atoms with Crippen molar-refractivity contribution < 1.29 is 27.8 Å². The van der Waals surface area contributed by atoms with Gasteiger partial charge in [0.15, 0.2) is 5.65 Å². The van der Waals surface area contributed by atoms with Gasteiger partial charge in [-0.25, -0.2) is 9.50 Å². The largest absolute Gasteiger partial charge is 0.434 e. The number of hydrogen-bond acceptors (Lipinski definition) is 9. The molecule has 0 aliphatic carbocycles. The Morgan fingerprint density at radius 2 is 2.04 bits per heavy atom. The number of amides is 2. The number of alkyl halides is 2. The van der Waals surface area contributed by atoms with Crippen molar-refractivity contribution in [2.24, 2.45) is 0 Å². The number of likely N-dealkylation sites (N-methyl/N-ethyl adjacent to an activating group) is 1. The first-order chi connectivity index (χ1) is 21.8. The highest BCUT2D eigenvalue weighted by Gasteiger charge is 2.31. The van der Waals surface area contributed by atoms with E-state index < -0.39 is 12.5 Å². The maximum atomic E-state index is 13.4. The number of hydrogen-bond donors (Lipinski definition) is 1. The maximum Gasteiger partial charge on any atom is 0.387 e. The molecule has 1 N–H and O–H groups in total. The van der Waals surface area contributed by atoms with Gasteiger partial charge in [-0.05, 0) is 56.8 Å². The molecule has 2 amide bonds. The molecule has 238 valence electrons. The number of likely N-dealkylation sites (tertiary alicyclic amines) is 1. The summed E-state index contributed by atoms with van der Waals surface area (Å²) in [5.41, 5.74) is 1.22. The van der Waals surface area contributed by atoms with E-state index in [0.29, 0.717) is 30.8 Å². The quantitative estimate of drug-likeness (QED) is 0.258. The van der Waals surface area contributed by atoms with Gasteiger partial charge in [0.1, 0.15) is 23.6 Å². The van der Waals surface area contributed by atoms with Crippen LogP contribution in [0.2, 0.25) is 0 Å². The van der Waals surface area contributed by atoms with Crippen LogP contribution >= 0.6 is 11.8 Å². The van der Waals surface area contributed by atoms with Crippen molar-refractivity contribution in [2.75, 3.05) is 44.9 Å². The van der Waals surface area contributed by atoms with Gasteiger partial charge >= 0.3 is 6.61 Å². The Labute approximate surface area is 262 Å². The van der Waals surface area contributed by atoms with Gasteiger partial charge < -0.3 is 19.7 Å². The molecule has 3 aromatic heterocycles. The fourth-order valence-corrected chi connectivity index (χ4v) is 6.33. The van der Waals surface area contributed by atoms with Crippen LogP contribution in [-0.2, 0) is 16.1 Å². The zero-order valence-electron chi connectivity index (χ0n) is 24.9. The van der Waals surface area contributed by atoms with E-state index in [-0.39, 0.29) is 40.7 Å². The van der Waals surface area contributed by atoms with E-state index in [1.54, 1.807) is 30.6 Å². The molecule has 0 unspecified atom stereocenters. The normalized spacial score (nSPS) is 17.5. The average molecular weight is 641 g/mol. The monoisotopic (exact) mass is 640 g/mol. The van der Waals surface area contributed by atoms with Gasteiger partial charge in [-0.1, -0.05) is 0 Å². The minimum Gasteiger partial charge on any atom is -0.434 e. The number of fused-ring (bicyclic) bond motifs is 1. The number of halogens is 2. The summed E-state index contributed by atoms with van der Waals surface area (Å²) in [5.74, 6) is -0.751. The Morgan fingerprint density at radius 1 is 1.22 bits per heavy atom. The van der Waals surface area contributed by atoms with E-state index >= 15 is 0 Å². The highest BCUT2D eigenvalue weighted by molar-refractivity contribution is 7.98. The Morgan fingerprint density at radius 3 is 2.78 bits per heavy atom. The highest BCUT2D eigenvalue weighted by Crippen LogP contribution is 2.38. The third-order valence-electron chi connectivity index (χ3n) is 8.36. The summed E-state index contributed by atoms with van der Waals surface area (Å²) < 4.78 is 40.1. The van der Waals surface area contributed by atoms with Crippen LogP contribution in [0.1, 0.15) is 29.6 Å². The number of aromatic nitrogens is 5. The summed E-state index contributed by atoms with van der Waals surface area (Å²) in [7, 11) is 2.13. The van der Waals surface area contributed by atoms with E-state index in [4.69, 9.17) is 9.47 Å². The maximum absolute atomic E-state index is 13.4. The molecule has 0 radical (unpaired) electrons. The van der Waals surface area contributed by atoms with Crippen LogP contribution in [0.4, 0.5) is 14.5 Å². The van der Waals surface area contributed by atoms with Gasteiger partial charge in [0.25, 0.3) is 5.91 Å². The summed E-state index contributed by atoms with van der Waals surface area (Å²) in [6.45, 7) is -0.405. The second kappa shape index (κ2) is 13.5. The summed E-state index contributed by atoms with van der Waals surface area (Å²) in [6.07, 6.45) is 10.7. The molecule has 1 aromatic carbocycles. The van der Waals surface area contributed by atoms with E-state index in [2.05, 4.69) is 32.4 Å². The van der Waals surface area contributed by atoms with Crippen molar-refractivity contribution in [3.63, 3.8) is 0 Å². The summed E-state index contributed by atoms with van der Waals surface area (Å²) >= 11 is 1.42. The number of thioether (sulfide) groups is 1. The summed E-state index contributed by atoms with van der Waals surface area (Å²) in [4.78, 5) is 36.1. The summed E-state index contributed by atoms with van der Waals surface area (Å²) in [6, 6.07) is 7.25. The fourth-order valence-electron chi connectivity index (χ4n) is 5.89. The molecule has 6 rings (SSSR count). The lowest BCUT2D eigenvalue weighted by Crippen LogP contribution is -2.49. The van der Waals surface area contributed by atoms with Crippen LogP contribution in [0.3, 0.4) is 0 Å². The number of piperidine rings is 1. The van der Waals surface area contributed by atoms with E-state index in [1.165, 1.54) is 39.4 Å². The van der Waals surface area contributed by atoms with Crippen LogP contribution in [0.25, 0.3) is 16.9 Å². The van der Waals surface area contributed by atoms with E-state index in [9.17, 15) is 18.4 Å². The number of nitrogens with one attached hydrogen (secondary N) is 1. The van der Waals surface area contributed by atoms with Gasteiger partial charge in [-0.15, -0.1) is 11.8 Å². The molecule has 1 atom stereocenters. The topological polar surface area (TPSA) is 119 Å². The van der Waals surface area contributed by atoms with Crippen LogP contribution in [0.5, 0.6) is 5.75 Å². The number of carbonyl (C=O) groups excluding carboxylic acids is 2. The molecule has 4 aromatic rings. The smallest absolute Gasteiger partial charge is 0.387 e. The lowest BCUT2D eigenvalue weighted by atomic mass is 10.0. The zero-order chi connectivity index (χ0) is 31.5. The van der Waals surface area contributed by atoms with Crippen molar-refractivity contribution in [1.82, 2.24) is 34.2 Å². The second-order valence-corrected chi connectivity index (χ2v) is 11.9. The number of anilines is 1. The van der Waals surface area contributed by atoms with E-state index in [0.717, 1.165) is 37.4 Å². The molecule has 0 bridgehead atoms. The number of ether oxygens (including phenoxy) is 2. The number of nitrogens with zero attached hydrogens (tertiary/aromatic N) is 7. The molecular formula is C30H34F2N8O4S. The lowest BCUT2D eigenvalue weighted by molar-refractivity contribution is -0.133. The Kier molecular flexibility index (Phi) is 9.28. The average Bonchev–Trinajstić information content (AvgIpc) is 3.81. The zero-order valence-corrected chi connectivity index (χ0v) is 25.8. The van der Waals surface area contributed by atoms with Crippen molar-refractivity contribution in [3.8, 4) is 17.0 Å². The summed E-state index contributed by atoms with van der Waals surface area (Å²) in [5, 5.41) is 11.6. The van der Waals surface area contributed by atoms with Crippen LogP contribution in [-0.4, -0.2) is 104 Å². The predicted octanol–water partition coefficient (Wildman–Crippen LogP) is 3.88. The SMILES string of the molecule is CSc1ccc(OC(F)F)c(-c2nn(CC(=O)N3CCC(N(C)[C@H]4CCOC4)CC3)cc2NC(=O)c2cnn3cccnc23)c1. The molecule has 0 spiro atoms. The molecule has 15 heteroatoms. The molecule has 2 fully saturated rings. The standard InChI is InChI=1S/C30H34F2N8O4S/c1-37(20-8-13-43-18-20)19-6-11-38(12-7-19)26(41)17-39-16-24(35-29(42)23-15-34-40-10-3-9-33-28(23)40)27(36-39)22-14-21(45-2)4-5-25(22)44-30(31)32/h3-5,9-10,14-16,19-20,30H,6-8,11-13,17-18H2,1-2H3,(H,35,42)/t20-/m0/s1. The lowest BCUT2D eigenvalue weighted by Gasteiger charge is -2.39. The minimum atomic E-state index is -3.07. The van der Waals surface area contributed by atoms with Crippen molar-refractivity contribution in [1.29, 1.82) is 0 Å². The highest BCUT2D eigenvalue weighted by atomic mass is 32.2. The first kappa shape index (κ1) is 30.9. The second-order valence-electron chi connectivity index (χ2n) is 11.0. The molecule has 12 nitrogen and oxygen atoms in total. The Bertz CT molecular complexity index is 1670. The van der Waals surface area contributed by atoms with Crippen LogP contribution in [0, 0.1) is 0 Å². The molecule has 5 heterocycles. The molecule has 2 aliphatic heterocycles. The minimum absolute atomic E-state index is 0.0919. The first-order valence-electron chi connectivity index (χ1n) is 14.7. The number of rotatable bonds is 10. The van der Waals surface area contributed by atoms with Crippen molar-refractivity contribution in [3.05, 3.63) is 54.6 Å². The molecule has 0 saturated carbocycles. The molecule has 2 saturated heterocycles. The molecular weight excluding hydrogens is 606 g/mol. The number of carbonyl (C=O) groups is 2. The van der Waals surface area contributed by atoms with Gasteiger partial charge in [0.05, 0.1) is 18.5 Å². The molecule has 2 aliphatic rings. The van der Waals surface area contributed by atoms with Crippen LogP contribution < -0.4 is 10.1 Å². The van der Waals surface area contributed by atoms with Crippen LogP contribution in [0.15, 0.2) is 53.9 Å². The van der Waals surface area contributed by atoms with Gasteiger partial charge in [0, 0.05) is 60.8 Å². The van der Waals surface area contributed by atoms with E-state index in [1.807, 2.05) is 11.2 Å². The van der Waals surface area contributed by atoms with Gasteiger partial charge in [0.2, 0.25) is 5.91 Å². The first-order valence-corrected chi connectivity index (χ1v) is 15.9. The van der Waals surface area contributed by atoms with Crippen molar-refractivity contribution in [2.45, 2.75) is 49.4 Å². The van der Waals surface area contributed by atoms with Gasteiger partial charge in [-0.3, -0.25) is 19.2 Å². The molecule has 45 heavy (non-hydrogen) atoms. The fraction of sp³-hybridized carbons (Fsp3) is 0.433. The third kappa shape index (κ3) is 6.79. The Hall–Kier alpha value is -4.08. The van der Waals surface area contributed by atoms with Crippen molar-refractivity contribution >= 4 is 34.9 Å². The Balaban J connectivity index is 1.25. The predicted molar refractivity (Wildman–Crippen MR) is 164 cm³/mol. The van der Waals surface area contributed by atoms with Gasteiger partial charge in [-0.2, -0.15) is 19.0 Å². The third-order valence-corrected chi connectivity index (χ3v) is 9.09. The number of benzene rings is 1.